The van der Waals surface area contributed by atoms with Crippen molar-refractivity contribution in [1.82, 2.24) is 4.72 Å². The largest absolute Gasteiger partial charge is 0.398 e. The Kier molecular flexibility index (Phi) is 3.78. The molecule has 100 valence electrons. The van der Waals surface area contributed by atoms with Gasteiger partial charge in [-0.2, -0.15) is 0 Å². The van der Waals surface area contributed by atoms with Gasteiger partial charge in [-0.25, -0.2) is 13.1 Å². The smallest absolute Gasteiger partial charge is 0.244 e. The zero-order valence-corrected chi connectivity index (χ0v) is 12.1. The number of sulfonamides is 1. The van der Waals surface area contributed by atoms with E-state index in [-0.39, 0.29) is 21.6 Å². The fourth-order valence-electron chi connectivity index (χ4n) is 1.97. The molecular formula is C11H14Cl2N2O2S. The lowest BCUT2D eigenvalue weighted by molar-refractivity contribution is 0.576. The molecule has 1 fully saturated rings. The van der Waals surface area contributed by atoms with Crippen LogP contribution >= 0.6 is 23.2 Å². The predicted octanol–water partition coefficient (Wildman–Crippen LogP) is 2.65. The summed E-state index contributed by atoms with van der Waals surface area (Å²) in [6, 6.07) is 2.75. The second-order valence-electron chi connectivity index (χ2n) is 4.44. The Labute approximate surface area is 117 Å². The van der Waals surface area contributed by atoms with Gasteiger partial charge in [0.2, 0.25) is 10.0 Å². The van der Waals surface area contributed by atoms with Gasteiger partial charge in [0.1, 0.15) is 4.90 Å². The zero-order chi connectivity index (χ0) is 13.5. The molecule has 18 heavy (non-hydrogen) atoms. The van der Waals surface area contributed by atoms with Gasteiger partial charge in [0.05, 0.1) is 10.7 Å². The van der Waals surface area contributed by atoms with Crippen LogP contribution in [-0.4, -0.2) is 14.5 Å². The Morgan fingerprint density at radius 2 is 2.11 bits per heavy atom. The zero-order valence-electron chi connectivity index (χ0n) is 9.78. The highest BCUT2D eigenvalue weighted by Gasteiger charge is 2.39. The second-order valence-corrected chi connectivity index (χ2v) is 6.93. The molecule has 1 aromatic carbocycles. The molecule has 4 nitrogen and oxygen atoms in total. The van der Waals surface area contributed by atoms with Crippen molar-refractivity contribution < 1.29 is 8.42 Å². The van der Waals surface area contributed by atoms with Crippen molar-refractivity contribution in [2.45, 2.75) is 30.7 Å². The third-order valence-electron chi connectivity index (χ3n) is 3.06. The first-order valence-electron chi connectivity index (χ1n) is 5.62. The molecule has 1 aliphatic rings. The van der Waals surface area contributed by atoms with Crippen LogP contribution in [0.25, 0.3) is 0 Å². The molecule has 0 aromatic heterocycles. The van der Waals surface area contributed by atoms with Gasteiger partial charge in [-0.3, -0.25) is 0 Å². The van der Waals surface area contributed by atoms with Crippen LogP contribution in [0.1, 0.15) is 19.8 Å². The van der Waals surface area contributed by atoms with Gasteiger partial charge < -0.3 is 5.73 Å². The third-order valence-corrected chi connectivity index (χ3v) is 5.29. The molecule has 2 rings (SSSR count). The Hall–Kier alpha value is -0.490. The third kappa shape index (κ3) is 2.74. The van der Waals surface area contributed by atoms with E-state index in [1.807, 2.05) is 6.92 Å². The van der Waals surface area contributed by atoms with Crippen molar-refractivity contribution in [2.75, 3.05) is 5.73 Å². The molecule has 2 unspecified atom stereocenters. The summed E-state index contributed by atoms with van der Waals surface area (Å²) in [5.41, 5.74) is 5.75. The Morgan fingerprint density at radius 3 is 2.61 bits per heavy atom. The van der Waals surface area contributed by atoms with E-state index in [9.17, 15) is 8.42 Å². The van der Waals surface area contributed by atoms with Gasteiger partial charge in [0.25, 0.3) is 0 Å². The molecule has 1 aliphatic carbocycles. The van der Waals surface area contributed by atoms with E-state index < -0.39 is 10.0 Å². The maximum absolute atomic E-state index is 12.2. The fraction of sp³-hybridized carbons (Fsp3) is 0.455. The molecule has 7 heteroatoms. The highest BCUT2D eigenvalue weighted by atomic mass is 35.5. The summed E-state index contributed by atoms with van der Waals surface area (Å²) in [7, 11) is -3.68. The average molecular weight is 309 g/mol. The van der Waals surface area contributed by atoms with Crippen molar-refractivity contribution in [3.8, 4) is 0 Å². The first-order chi connectivity index (χ1) is 8.35. The molecule has 0 amide bonds. The molecule has 0 heterocycles. The van der Waals surface area contributed by atoms with Crippen LogP contribution in [0.3, 0.4) is 0 Å². The van der Waals surface area contributed by atoms with Gasteiger partial charge in [0.15, 0.2) is 0 Å². The average Bonchev–Trinajstić information content (AvgIpc) is 2.92. The van der Waals surface area contributed by atoms with Gasteiger partial charge >= 0.3 is 0 Å². The summed E-state index contributed by atoms with van der Waals surface area (Å²) in [5.74, 6) is 0.409. The maximum Gasteiger partial charge on any atom is 0.244 e. The lowest BCUT2D eigenvalue weighted by Gasteiger charge is -2.11. The number of nitrogens with one attached hydrogen (secondary N) is 1. The summed E-state index contributed by atoms with van der Waals surface area (Å²) < 4.78 is 27.0. The SMILES string of the molecule is CCC1CC1NS(=O)(=O)c1c(N)cc(Cl)cc1Cl. The summed E-state index contributed by atoms with van der Waals surface area (Å²) in [6.45, 7) is 2.03. The van der Waals surface area contributed by atoms with E-state index in [0.29, 0.717) is 10.9 Å². The molecule has 1 saturated carbocycles. The van der Waals surface area contributed by atoms with E-state index in [2.05, 4.69) is 4.72 Å². The van der Waals surface area contributed by atoms with Crippen LogP contribution in [0.4, 0.5) is 5.69 Å². The number of benzene rings is 1. The van der Waals surface area contributed by atoms with Crippen LogP contribution in [-0.2, 0) is 10.0 Å². The molecule has 1 aromatic rings. The minimum Gasteiger partial charge on any atom is -0.398 e. The van der Waals surface area contributed by atoms with Crippen LogP contribution in [0.15, 0.2) is 17.0 Å². The summed E-state index contributed by atoms with van der Waals surface area (Å²) in [5, 5.41) is 0.357. The van der Waals surface area contributed by atoms with Crippen molar-refractivity contribution in [3.05, 3.63) is 22.2 Å². The monoisotopic (exact) mass is 308 g/mol. The van der Waals surface area contributed by atoms with Crippen LogP contribution in [0.2, 0.25) is 10.0 Å². The molecule has 3 N–H and O–H groups in total. The van der Waals surface area contributed by atoms with Gasteiger partial charge in [-0.15, -0.1) is 0 Å². The minimum absolute atomic E-state index is 0.00820. The molecule has 2 atom stereocenters. The summed E-state index contributed by atoms with van der Waals surface area (Å²) in [4.78, 5) is -0.0877. The number of hydrogen-bond donors (Lipinski definition) is 2. The lowest BCUT2D eigenvalue weighted by Crippen LogP contribution is -2.28. The number of hydrogen-bond acceptors (Lipinski definition) is 3. The minimum atomic E-state index is -3.68. The van der Waals surface area contributed by atoms with Gasteiger partial charge in [-0.05, 0) is 24.5 Å². The van der Waals surface area contributed by atoms with Crippen LogP contribution in [0, 0.1) is 5.92 Å². The van der Waals surface area contributed by atoms with Crippen molar-refractivity contribution >= 4 is 38.9 Å². The van der Waals surface area contributed by atoms with Gasteiger partial charge in [0, 0.05) is 11.1 Å². The standard InChI is InChI=1S/C11H14Cl2N2O2S/c1-2-6-3-10(6)15-18(16,17)11-8(13)4-7(12)5-9(11)14/h4-6,10,15H,2-3,14H2,1H3. The van der Waals surface area contributed by atoms with Crippen LogP contribution in [0.5, 0.6) is 0 Å². The van der Waals surface area contributed by atoms with Gasteiger partial charge in [-0.1, -0.05) is 36.5 Å². The second kappa shape index (κ2) is 4.89. The van der Waals surface area contributed by atoms with Crippen LogP contribution < -0.4 is 10.5 Å². The first-order valence-corrected chi connectivity index (χ1v) is 7.86. The number of halogens is 2. The predicted molar refractivity (Wildman–Crippen MR) is 73.4 cm³/mol. The maximum atomic E-state index is 12.2. The number of nitrogens with two attached hydrogens (primary N) is 1. The fourth-order valence-corrected chi connectivity index (χ4v) is 4.27. The Bertz CT molecular complexity index is 551. The normalized spacial score (nSPS) is 23.1. The molecule has 0 bridgehead atoms. The van der Waals surface area contributed by atoms with Crippen molar-refractivity contribution in [2.24, 2.45) is 5.92 Å². The molecular weight excluding hydrogens is 295 g/mol. The number of anilines is 1. The molecule has 0 aliphatic heterocycles. The number of nitrogen functional groups attached to an aromatic ring is 1. The Balaban J connectivity index is 2.30. The summed E-state index contributed by atoms with van der Waals surface area (Å²) >= 11 is 11.7. The van der Waals surface area contributed by atoms with E-state index in [1.165, 1.54) is 12.1 Å². The highest BCUT2D eigenvalue weighted by Crippen LogP contribution is 2.37. The molecule has 0 saturated heterocycles. The quantitative estimate of drug-likeness (QED) is 0.840. The van der Waals surface area contributed by atoms with E-state index in [4.69, 9.17) is 28.9 Å². The summed E-state index contributed by atoms with van der Waals surface area (Å²) in [6.07, 6.45) is 1.82. The van der Waals surface area contributed by atoms with E-state index in [0.717, 1.165) is 12.8 Å². The van der Waals surface area contributed by atoms with Crippen molar-refractivity contribution in [1.29, 1.82) is 0 Å². The highest BCUT2D eigenvalue weighted by molar-refractivity contribution is 7.89. The topological polar surface area (TPSA) is 72.2 Å². The molecule has 0 spiro atoms. The van der Waals surface area contributed by atoms with E-state index >= 15 is 0 Å². The Morgan fingerprint density at radius 1 is 1.44 bits per heavy atom. The van der Waals surface area contributed by atoms with E-state index in [1.54, 1.807) is 0 Å². The first kappa shape index (κ1) is 13.9. The lowest BCUT2D eigenvalue weighted by atomic mass is 10.3. The van der Waals surface area contributed by atoms with Crippen molar-refractivity contribution in [3.63, 3.8) is 0 Å². The molecule has 0 radical (unpaired) electrons. The number of rotatable bonds is 4.